The van der Waals surface area contributed by atoms with Gasteiger partial charge in [0.05, 0.1) is 28.3 Å². The first-order valence-corrected chi connectivity index (χ1v) is 12.8. The van der Waals surface area contributed by atoms with Crippen LogP contribution in [0.5, 0.6) is 0 Å². The van der Waals surface area contributed by atoms with Gasteiger partial charge in [0.15, 0.2) is 10.3 Å². The maximum atomic E-state index is 13.2. The van der Waals surface area contributed by atoms with Gasteiger partial charge in [-0.2, -0.15) is 5.26 Å². The molecule has 0 spiro atoms. The van der Waals surface area contributed by atoms with Crippen molar-refractivity contribution in [2.24, 2.45) is 0 Å². The van der Waals surface area contributed by atoms with Crippen LogP contribution in [0.2, 0.25) is 0 Å². The van der Waals surface area contributed by atoms with Crippen LogP contribution in [-0.2, 0) is 20.9 Å². The number of carbonyl (C=O) groups excluding carboxylic acids is 2. The zero-order chi connectivity index (χ0) is 25.7. The van der Waals surface area contributed by atoms with E-state index in [1.807, 2.05) is 31.2 Å². The smallest absolute Gasteiger partial charge is 0.326 e. The summed E-state index contributed by atoms with van der Waals surface area (Å²) in [5.74, 6) is -1.09. The average molecular weight is 520 g/mol. The summed E-state index contributed by atoms with van der Waals surface area (Å²) >= 11 is 2.35. The third-order valence-corrected chi connectivity index (χ3v) is 6.92. The summed E-state index contributed by atoms with van der Waals surface area (Å²) in [6.45, 7) is 3.35. The summed E-state index contributed by atoms with van der Waals surface area (Å²) in [7, 11) is 0. The minimum absolute atomic E-state index is 0.0929. The highest BCUT2D eigenvalue weighted by molar-refractivity contribution is 7.99. The molecule has 9 nitrogen and oxygen atoms in total. The lowest BCUT2D eigenvalue weighted by Gasteiger charge is -2.14. The Kier molecular flexibility index (Phi) is 7.77. The Morgan fingerprint density at radius 2 is 1.97 bits per heavy atom. The van der Waals surface area contributed by atoms with Crippen molar-refractivity contribution in [3.05, 3.63) is 70.0 Å². The lowest BCUT2D eigenvalue weighted by molar-refractivity contribution is -0.144. The van der Waals surface area contributed by atoms with Crippen LogP contribution in [0.3, 0.4) is 0 Å². The number of thiazole rings is 1. The van der Waals surface area contributed by atoms with Crippen LogP contribution in [-0.4, -0.2) is 38.8 Å². The van der Waals surface area contributed by atoms with Crippen molar-refractivity contribution < 1.29 is 14.3 Å². The number of benzene rings is 2. The molecular formula is C25H21N5O4S2. The summed E-state index contributed by atoms with van der Waals surface area (Å²) < 4.78 is 7.01. The number of nitrogens with one attached hydrogen (secondary N) is 1. The molecule has 4 rings (SSSR count). The van der Waals surface area contributed by atoms with Crippen LogP contribution >= 0.6 is 23.1 Å². The number of aromatic nitrogens is 3. The highest BCUT2D eigenvalue weighted by Gasteiger charge is 2.21. The standard InChI is InChI=1S/C25H21N5O4S2/c1-3-34-21(32)13-30-23(33)17(12-26)22(16-7-5-4-6-8-16)29-25(30)35-14-20(31)28-24-27-18-10-9-15(2)11-19(18)36-24/h4-11H,3,13-14H2,1-2H3,(H,27,28,31). The van der Waals surface area contributed by atoms with E-state index in [2.05, 4.69) is 15.3 Å². The number of hydrogen-bond acceptors (Lipinski definition) is 9. The van der Waals surface area contributed by atoms with Gasteiger partial charge in [0, 0.05) is 5.56 Å². The molecule has 1 amide bonds. The molecule has 0 bridgehead atoms. The van der Waals surface area contributed by atoms with Gasteiger partial charge in [0.2, 0.25) is 5.91 Å². The first-order chi connectivity index (χ1) is 17.4. The van der Waals surface area contributed by atoms with E-state index in [-0.39, 0.29) is 34.7 Å². The van der Waals surface area contributed by atoms with E-state index >= 15 is 0 Å². The SMILES string of the molecule is CCOC(=O)Cn1c(SCC(=O)Nc2nc3ccc(C)cc3s2)nc(-c2ccccc2)c(C#N)c1=O. The molecule has 0 aliphatic carbocycles. The summed E-state index contributed by atoms with van der Waals surface area (Å²) in [6.07, 6.45) is 0. The minimum Gasteiger partial charge on any atom is -0.465 e. The summed E-state index contributed by atoms with van der Waals surface area (Å²) in [6, 6.07) is 16.5. The number of aryl methyl sites for hydroxylation is 1. The molecule has 36 heavy (non-hydrogen) atoms. The molecule has 11 heteroatoms. The molecule has 2 aromatic heterocycles. The fourth-order valence-corrected chi connectivity index (χ4v) is 5.17. The zero-order valence-corrected chi connectivity index (χ0v) is 21.1. The number of amides is 1. The number of esters is 1. The predicted octanol–water partition coefficient (Wildman–Crippen LogP) is 3.99. The Morgan fingerprint density at radius 3 is 2.69 bits per heavy atom. The molecule has 0 saturated carbocycles. The molecular weight excluding hydrogens is 498 g/mol. The number of hydrogen-bond donors (Lipinski definition) is 1. The van der Waals surface area contributed by atoms with Gasteiger partial charge >= 0.3 is 5.97 Å². The summed E-state index contributed by atoms with van der Waals surface area (Å²) in [4.78, 5) is 47.0. The average Bonchev–Trinajstić information content (AvgIpc) is 3.26. The molecule has 0 fully saturated rings. The Balaban J connectivity index is 1.63. The van der Waals surface area contributed by atoms with Crippen molar-refractivity contribution in [1.29, 1.82) is 5.26 Å². The van der Waals surface area contributed by atoms with Crippen molar-refractivity contribution in [3.63, 3.8) is 0 Å². The van der Waals surface area contributed by atoms with Crippen LogP contribution in [0.15, 0.2) is 58.5 Å². The molecule has 0 aliphatic rings. The van der Waals surface area contributed by atoms with Crippen molar-refractivity contribution in [2.75, 3.05) is 17.7 Å². The molecule has 0 radical (unpaired) electrons. The zero-order valence-electron chi connectivity index (χ0n) is 19.5. The van der Waals surface area contributed by atoms with Gasteiger partial charge in [-0.15, -0.1) is 0 Å². The van der Waals surface area contributed by atoms with Gasteiger partial charge in [-0.1, -0.05) is 59.5 Å². The number of ether oxygens (including phenoxy) is 1. The number of nitriles is 1. The lowest BCUT2D eigenvalue weighted by atomic mass is 10.1. The minimum atomic E-state index is -0.677. The lowest BCUT2D eigenvalue weighted by Crippen LogP contribution is -2.30. The maximum absolute atomic E-state index is 13.2. The van der Waals surface area contributed by atoms with Gasteiger partial charge in [-0.25, -0.2) is 9.97 Å². The Hall–Kier alpha value is -4.01. The van der Waals surface area contributed by atoms with E-state index in [0.717, 1.165) is 32.1 Å². The summed E-state index contributed by atoms with van der Waals surface area (Å²) in [5.41, 5.74) is 1.78. The Labute approximate surface area is 214 Å². The van der Waals surface area contributed by atoms with E-state index < -0.39 is 18.1 Å². The van der Waals surface area contributed by atoms with Gasteiger partial charge < -0.3 is 10.1 Å². The normalized spacial score (nSPS) is 10.7. The van der Waals surface area contributed by atoms with E-state index in [1.54, 1.807) is 37.3 Å². The third-order valence-electron chi connectivity index (χ3n) is 5.01. The molecule has 1 N–H and O–H groups in total. The molecule has 0 aliphatic heterocycles. The van der Waals surface area contributed by atoms with Crippen LogP contribution < -0.4 is 10.9 Å². The number of anilines is 1. The topological polar surface area (TPSA) is 127 Å². The number of thioether (sulfide) groups is 1. The van der Waals surface area contributed by atoms with Crippen molar-refractivity contribution in [2.45, 2.75) is 25.5 Å². The first-order valence-electron chi connectivity index (χ1n) is 11.0. The summed E-state index contributed by atoms with van der Waals surface area (Å²) in [5, 5.41) is 13.0. The van der Waals surface area contributed by atoms with E-state index in [1.165, 1.54) is 11.3 Å². The number of nitrogens with zero attached hydrogens (tertiary/aromatic N) is 4. The Bertz CT molecular complexity index is 1540. The van der Waals surface area contributed by atoms with Gasteiger partial charge in [0.1, 0.15) is 18.2 Å². The van der Waals surface area contributed by atoms with Gasteiger partial charge in [-0.05, 0) is 31.5 Å². The van der Waals surface area contributed by atoms with Crippen molar-refractivity contribution >= 4 is 50.3 Å². The maximum Gasteiger partial charge on any atom is 0.326 e. The molecule has 2 aromatic carbocycles. The molecule has 4 aromatic rings. The highest BCUT2D eigenvalue weighted by atomic mass is 32.2. The second-order valence-corrected chi connectivity index (χ2v) is 9.59. The fourth-order valence-electron chi connectivity index (χ4n) is 3.40. The van der Waals surface area contributed by atoms with Crippen molar-refractivity contribution in [1.82, 2.24) is 14.5 Å². The number of carbonyl (C=O) groups is 2. The van der Waals surface area contributed by atoms with Crippen LogP contribution in [0.4, 0.5) is 5.13 Å². The van der Waals surface area contributed by atoms with E-state index in [0.29, 0.717) is 10.7 Å². The second-order valence-electron chi connectivity index (χ2n) is 7.62. The van der Waals surface area contributed by atoms with E-state index in [9.17, 15) is 19.6 Å². The predicted molar refractivity (Wildman–Crippen MR) is 139 cm³/mol. The van der Waals surface area contributed by atoms with Crippen LogP contribution in [0.25, 0.3) is 21.5 Å². The molecule has 0 atom stereocenters. The highest BCUT2D eigenvalue weighted by Crippen LogP contribution is 2.27. The van der Waals surface area contributed by atoms with Crippen LogP contribution in [0, 0.1) is 18.3 Å². The van der Waals surface area contributed by atoms with Gasteiger partial charge in [-0.3, -0.25) is 19.0 Å². The molecule has 182 valence electrons. The monoisotopic (exact) mass is 519 g/mol. The van der Waals surface area contributed by atoms with Gasteiger partial charge in [0.25, 0.3) is 5.56 Å². The first kappa shape index (κ1) is 25.1. The number of rotatable bonds is 8. The molecule has 0 unspecified atom stereocenters. The Morgan fingerprint density at radius 1 is 1.19 bits per heavy atom. The quantitative estimate of drug-likeness (QED) is 0.210. The van der Waals surface area contributed by atoms with Crippen LogP contribution in [0.1, 0.15) is 18.1 Å². The second kappa shape index (κ2) is 11.2. The molecule has 0 saturated heterocycles. The largest absolute Gasteiger partial charge is 0.465 e. The molecule has 2 heterocycles. The van der Waals surface area contributed by atoms with E-state index in [4.69, 9.17) is 4.74 Å². The third kappa shape index (κ3) is 5.62. The fraction of sp³-hybridized carbons (Fsp3) is 0.200. The number of fused-ring (bicyclic) bond motifs is 1. The van der Waals surface area contributed by atoms with Crippen molar-refractivity contribution in [3.8, 4) is 17.3 Å².